The van der Waals surface area contributed by atoms with Crippen LogP contribution in [0.1, 0.15) is 32.4 Å². The lowest BCUT2D eigenvalue weighted by molar-refractivity contribution is 0.431. The van der Waals surface area contributed by atoms with E-state index in [0.29, 0.717) is 0 Å². The molecule has 1 heterocycles. The molecule has 0 aliphatic rings. The lowest BCUT2D eigenvalue weighted by atomic mass is 10.0. The van der Waals surface area contributed by atoms with E-state index in [4.69, 9.17) is 6.42 Å². The van der Waals surface area contributed by atoms with Crippen LogP contribution in [-0.4, -0.2) is 15.3 Å². The highest BCUT2D eigenvalue weighted by atomic mass is 15.2. The molecule has 0 fully saturated rings. The number of hydrogen-bond donors (Lipinski definition) is 1. The van der Waals surface area contributed by atoms with E-state index in [0.717, 1.165) is 5.56 Å². The van der Waals surface area contributed by atoms with Crippen LogP contribution in [0.4, 0.5) is 0 Å². The Morgan fingerprint density at radius 3 is 2.71 bits per heavy atom. The Kier molecular flexibility index (Phi) is 2.97. The van der Waals surface area contributed by atoms with Gasteiger partial charge in [-0.15, -0.1) is 6.42 Å². The van der Waals surface area contributed by atoms with Crippen LogP contribution in [0.25, 0.3) is 0 Å². The molecule has 3 heteroatoms. The molecule has 3 nitrogen and oxygen atoms in total. The minimum atomic E-state index is -0.282. The molecule has 0 saturated carbocycles. The van der Waals surface area contributed by atoms with Crippen molar-refractivity contribution in [2.75, 3.05) is 0 Å². The van der Waals surface area contributed by atoms with E-state index < -0.39 is 0 Å². The van der Waals surface area contributed by atoms with E-state index in [1.54, 1.807) is 4.68 Å². The summed E-state index contributed by atoms with van der Waals surface area (Å²) in [6.07, 6.45) is 9.25. The molecule has 76 valence electrons. The maximum Gasteiger partial charge on any atom is 0.0745 e. The maximum absolute atomic E-state index is 5.40. The number of aryl methyl sites for hydroxylation is 1. The van der Waals surface area contributed by atoms with Gasteiger partial charge in [0.1, 0.15) is 0 Å². The Hall–Kier alpha value is -1.27. The summed E-state index contributed by atoms with van der Waals surface area (Å²) in [5.74, 6) is 2.71. The first kappa shape index (κ1) is 10.8. The van der Waals surface area contributed by atoms with Gasteiger partial charge in [-0.1, -0.05) is 5.92 Å². The van der Waals surface area contributed by atoms with Crippen molar-refractivity contribution in [2.24, 2.45) is 7.05 Å². The summed E-state index contributed by atoms with van der Waals surface area (Å²) in [5.41, 5.74) is 0.866. The van der Waals surface area contributed by atoms with E-state index in [-0.39, 0.29) is 11.6 Å². The molecule has 0 spiro atoms. The zero-order valence-corrected chi connectivity index (χ0v) is 9.20. The quantitative estimate of drug-likeness (QED) is 0.733. The summed E-state index contributed by atoms with van der Waals surface area (Å²) in [6.45, 7) is 6.05. The molecule has 1 aromatic heterocycles. The van der Waals surface area contributed by atoms with Crippen molar-refractivity contribution in [2.45, 2.75) is 32.4 Å². The second-order valence-corrected chi connectivity index (χ2v) is 4.08. The molecule has 0 aliphatic heterocycles. The van der Waals surface area contributed by atoms with Crippen molar-refractivity contribution in [1.82, 2.24) is 15.1 Å². The van der Waals surface area contributed by atoms with Gasteiger partial charge in [-0.25, -0.2) is 0 Å². The Labute approximate surface area is 85.5 Å². The largest absolute Gasteiger partial charge is 0.295 e. The molecule has 14 heavy (non-hydrogen) atoms. The van der Waals surface area contributed by atoms with E-state index in [1.165, 1.54) is 0 Å². The number of terminal acetylenes is 1. The average molecular weight is 191 g/mol. The smallest absolute Gasteiger partial charge is 0.0745 e. The Bertz CT molecular complexity index is 344. The molecule has 1 rings (SSSR count). The van der Waals surface area contributed by atoms with Crippen molar-refractivity contribution in [3.8, 4) is 12.3 Å². The molecule has 0 aliphatic carbocycles. The van der Waals surface area contributed by atoms with Crippen LogP contribution in [0.3, 0.4) is 0 Å². The van der Waals surface area contributed by atoms with Gasteiger partial charge in [0.25, 0.3) is 0 Å². The van der Waals surface area contributed by atoms with Crippen LogP contribution in [0.5, 0.6) is 0 Å². The molecule has 0 radical (unpaired) electrons. The molecule has 1 atom stereocenters. The van der Waals surface area contributed by atoms with E-state index in [1.807, 2.05) is 33.3 Å². The number of hydrogen-bond acceptors (Lipinski definition) is 2. The Balaban J connectivity index is 2.69. The van der Waals surface area contributed by atoms with Gasteiger partial charge in [0.2, 0.25) is 0 Å². The van der Waals surface area contributed by atoms with Crippen LogP contribution < -0.4 is 5.32 Å². The zero-order valence-electron chi connectivity index (χ0n) is 9.20. The number of nitrogens with one attached hydrogen (secondary N) is 1. The summed E-state index contributed by atoms with van der Waals surface area (Å²) in [5, 5.41) is 7.46. The number of nitrogens with zero attached hydrogens (tertiary/aromatic N) is 2. The molecule has 0 saturated heterocycles. The molecule has 0 amide bonds. The molecule has 1 aromatic rings. The van der Waals surface area contributed by atoms with Gasteiger partial charge in [-0.2, -0.15) is 5.10 Å². The first-order valence-electron chi connectivity index (χ1n) is 4.68. The van der Waals surface area contributed by atoms with Gasteiger partial charge in [-0.05, 0) is 20.8 Å². The van der Waals surface area contributed by atoms with Gasteiger partial charge >= 0.3 is 0 Å². The standard InChI is InChI=1S/C11H17N3/c1-6-11(3,4)13-9(2)10-7-12-14(5)8-10/h1,7-9,13H,2-5H3. The topological polar surface area (TPSA) is 29.9 Å². The molecule has 1 N–H and O–H groups in total. The molecule has 1 unspecified atom stereocenters. The van der Waals surface area contributed by atoms with Crippen molar-refractivity contribution < 1.29 is 0 Å². The second-order valence-electron chi connectivity index (χ2n) is 4.08. The van der Waals surface area contributed by atoms with E-state index in [9.17, 15) is 0 Å². The maximum atomic E-state index is 5.40. The van der Waals surface area contributed by atoms with Crippen molar-refractivity contribution in [3.63, 3.8) is 0 Å². The van der Waals surface area contributed by atoms with Gasteiger partial charge in [0, 0.05) is 24.8 Å². The Morgan fingerprint density at radius 1 is 1.64 bits per heavy atom. The van der Waals surface area contributed by atoms with E-state index in [2.05, 4.69) is 23.3 Å². The van der Waals surface area contributed by atoms with Gasteiger partial charge < -0.3 is 0 Å². The van der Waals surface area contributed by atoms with Crippen LogP contribution in [-0.2, 0) is 7.05 Å². The average Bonchev–Trinajstić information content (AvgIpc) is 2.51. The third-order valence-electron chi connectivity index (χ3n) is 2.16. The van der Waals surface area contributed by atoms with Gasteiger partial charge in [-0.3, -0.25) is 10.00 Å². The monoisotopic (exact) mass is 191 g/mol. The molecular weight excluding hydrogens is 174 g/mol. The fraction of sp³-hybridized carbons (Fsp3) is 0.545. The molecular formula is C11H17N3. The lowest BCUT2D eigenvalue weighted by Crippen LogP contribution is -2.39. The van der Waals surface area contributed by atoms with Gasteiger partial charge in [0.05, 0.1) is 11.7 Å². The van der Waals surface area contributed by atoms with Crippen LogP contribution >= 0.6 is 0 Å². The first-order chi connectivity index (χ1) is 6.44. The van der Waals surface area contributed by atoms with Crippen LogP contribution in [0.2, 0.25) is 0 Å². The fourth-order valence-electron chi connectivity index (χ4n) is 1.33. The summed E-state index contributed by atoms with van der Waals surface area (Å²) >= 11 is 0. The molecule has 0 bridgehead atoms. The highest BCUT2D eigenvalue weighted by Gasteiger charge is 2.18. The highest BCUT2D eigenvalue weighted by Crippen LogP contribution is 2.14. The summed E-state index contributed by atoms with van der Waals surface area (Å²) < 4.78 is 1.79. The minimum absolute atomic E-state index is 0.217. The van der Waals surface area contributed by atoms with E-state index >= 15 is 0 Å². The third kappa shape index (κ3) is 2.61. The predicted octanol–water partition coefficient (Wildman–Crippen LogP) is 1.48. The third-order valence-corrected chi connectivity index (χ3v) is 2.16. The number of aromatic nitrogens is 2. The van der Waals surface area contributed by atoms with Crippen molar-refractivity contribution in [1.29, 1.82) is 0 Å². The van der Waals surface area contributed by atoms with Crippen LogP contribution in [0.15, 0.2) is 12.4 Å². The van der Waals surface area contributed by atoms with Crippen molar-refractivity contribution >= 4 is 0 Å². The zero-order chi connectivity index (χ0) is 10.8. The Morgan fingerprint density at radius 2 is 2.29 bits per heavy atom. The van der Waals surface area contributed by atoms with Gasteiger partial charge in [0.15, 0.2) is 0 Å². The first-order valence-corrected chi connectivity index (χ1v) is 4.68. The minimum Gasteiger partial charge on any atom is -0.295 e. The predicted molar refractivity (Wildman–Crippen MR) is 57.7 cm³/mol. The summed E-state index contributed by atoms with van der Waals surface area (Å²) in [6, 6.07) is 0.217. The SMILES string of the molecule is C#CC(C)(C)NC(C)c1cnn(C)c1. The highest BCUT2D eigenvalue weighted by molar-refractivity contribution is 5.14. The summed E-state index contributed by atoms with van der Waals surface area (Å²) in [4.78, 5) is 0. The summed E-state index contributed by atoms with van der Waals surface area (Å²) in [7, 11) is 1.91. The van der Waals surface area contributed by atoms with Crippen molar-refractivity contribution in [3.05, 3.63) is 18.0 Å². The molecule has 0 aromatic carbocycles. The van der Waals surface area contributed by atoms with Crippen LogP contribution in [0, 0.1) is 12.3 Å². The second kappa shape index (κ2) is 3.85. The number of rotatable bonds is 3. The lowest BCUT2D eigenvalue weighted by Gasteiger charge is -2.24. The normalized spacial score (nSPS) is 13.6. The fourth-order valence-corrected chi connectivity index (χ4v) is 1.33.